The molecule has 0 aliphatic heterocycles. The molecule has 2 aromatic rings. The Morgan fingerprint density at radius 1 is 1.00 bits per heavy atom. The van der Waals surface area contributed by atoms with Gasteiger partial charge in [0.1, 0.15) is 5.82 Å². The summed E-state index contributed by atoms with van der Waals surface area (Å²) in [6.07, 6.45) is 0. The maximum Gasteiger partial charge on any atom is 0.296 e. The second kappa shape index (κ2) is 4.75. The second-order valence-electron chi connectivity index (χ2n) is 3.71. The zero-order chi connectivity index (χ0) is 13.2. The zero-order valence-corrected chi connectivity index (χ0v) is 10.1. The van der Waals surface area contributed by atoms with Crippen LogP contribution in [0, 0.1) is 5.82 Å². The highest BCUT2D eigenvalue weighted by molar-refractivity contribution is 7.90. The first-order valence-corrected chi connectivity index (χ1v) is 6.66. The van der Waals surface area contributed by atoms with Gasteiger partial charge in [0.2, 0.25) is 0 Å². The molecule has 0 fully saturated rings. The summed E-state index contributed by atoms with van der Waals surface area (Å²) < 4.78 is 37.2. The summed E-state index contributed by atoms with van der Waals surface area (Å²) in [5.74, 6) is -0.676. The molecule has 4 nitrogen and oxygen atoms in total. The average molecular weight is 266 g/mol. The minimum absolute atomic E-state index is 0.169. The molecule has 0 bridgehead atoms. The van der Waals surface area contributed by atoms with E-state index < -0.39 is 16.0 Å². The molecular formula is C12H11FN2O2S. The summed E-state index contributed by atoms with van der Waals surface area (Å²) in [4.78, 5) is 0. The molecule has 0 spiro atoms. The molecule has 6 heteroatoms. The van der Waals surface area contributed by atoms with Crippen molar-refractivity contribution in [2.75, 3.05) is 4.72 Å². The van der Waals surface area contributed by atoms with Crippen molar-refractivity contribution in [1.29, 1.82) is 0 Å². The van der Waals surface area contributed by atoms with E-state index in [1.807, 2.05) is 35.1 Å². The monoisotopic (exact) mass is 266 g/mol. The Morgan fingerprint density at radius 2 is 1.67 bits per heavy atom. The predicted octanol–water partition coefficient (Wildman–Crippen LogP) is 2.11. The Balaban J connectivity index is 2.37. The Kier molecular flexibility index (Phi) is 3.31. The van der Waals surface area contributed by atoms with Gasteiger partial charge in [0.15, 0.2) is 0 Å². The van der Waals surface area contributed by atoms with E-state index in [1.165, 1.54) is 12.1 Å². The molecule has 0 aliphatic carbocycles. The molecule has 0 saturated heterocycles. The lowest BCUT2D eigenvalue weighted by Crippen LogP contribution is -2.22. The van der Waals surface area contributed by atoms with E-state index in [0.29, 0.717) is 5.56 Å². The fourth-order valence-corrected chi connectivity index (χ4v) is 2.03. The number of benzene rings is 2. The maximum atomic E-state index is 13.7. The number of halogens is 1. The van der Waals surface area contributed by atoms with Crippen molar-refractivity contribution in [2.24, 2.45) is 5.14 Å². The minimum Gasteiger partial charge on any atom is -0.268 e. The fraction of sp³-hybridized carbons (Fsp3) is 0. The van der Waals surface area contributed by atoms with Gasteiger partial charge in [-0.1, -0.05) is 36.4 Å². The van der Waals surface area contributed by atoms with E-state index in [1.54, 1.807) is 6.07 Å². The highest BCUT2D eigenvalue weighted by Gasteiger charge is 2.09. The van der Waals surface area contributed by atoms with Gasteiger partial charge >= 0.3 is 0 Å². The molecule has 3 N–H and O–H groups in total. The third-order valence-corrected chi connectivity index (χ3v) is 2.83. The molecule has 0 unspecified atom stereocenters. The van der Waals surface area contributed by atoms with Crippen LogP contribution in [0.2, 0.25) is 0 Å². The third-order valence-electron chi connectivity index (χ3n) is 2.33. The molecule has 2 aromatic carbocycles. The van der Waals surface area contributed by atoms with Gasteiger partial charge in [-0.15, -0.1) is 0 Å². The SMILES string of the molecule is NS(=O)(=O)Nc1ccc(-c2ccccc2)cc1F. The Hall–Kier alpha value is -1.92. The van der Waals surface area contributed by atoms with Gasteiger partial charge in [0, 0.05) is 0 Å². The van der Waals surface area contributed by atoms with Gasteiger partial charge in [-0.25, -0.2) is 9.53 Å². The van der Waals surface area contributed by atoms with Crippen molar-refractivity contribution in [3.63, 3.8) is 0 Å². The van der Waals surface area contributed by atoms with Crippen LogP contribution in [0.4, 0.5) is 10.1 Å². The zero-order valence-electron chi connectivity index (χ0n) is 9.30. The summed E-state index contributed by atoms with van der Waals surface area (Å²) in [5.41, 5.74) is 1.34. The normalized spacial score (nSPS) is 11.2. The van der Waals surface area contributed by atoms with Gasteiger partial charge in [-0.2, -0.15) is 8.42 Å². The molecule has 0 amide bonds. The van der Waals surface area contributed by atoms with Gasteiger partial charge < -0.3 is 0 Å². The summed E-state index contributed by atoms with van der Waals surface area (Å²) in [6.45, 7) is 0. The molecule has 2 rings (SSSR count). The van der Waals surface area contributed by atoms with Crippen LogP contribution >= 0.6 is 0 Å². The molecule has 0 atom stereocenters. The fourth-order valence-electron chi connectivity index (χ4n) is 1.56. The first kappa shape index (κ1) is 12.5. The van der Waals surface area contributed by atoms with Crippen molar-refractivity contribution in [1.82, 2.24) is 0 Å². The average Bonchev–Trinajstić information content (AvgIpc) is 2.31. The van der Waals surface area contributed by atoms with Crippen molar-refractivity contribution >= 4 is 15.9 Å². The quantitative estimate of drug-likeness (QED) is 0.893. The predicted molar refractivity (Wildman–Crippen MR) is 68.6 cm³/mol. The van der Waals surface area contributed by atoms with Crippen molar-refractivity contribution in [2.45, 2.75) is 0 Å². The van der Waals surface area contributed by atoms with E-state index in [4.69, 9.17) is 5.14 Å². The van der Waals surface area contributed by atoms with E-state index in [2.05, 4.69) is 0 Å². The minimum atomic E-state index is -3.97. The molecule has 0 aliphatic rings. The molecule has 0 aromatic heterocycles. The second-order valence-corrected chi connectivity index (χ2v) is 5.00. The number of anilines is 1. The summed E-state index contributed by atoms with van der Waals surface area (Å²) in [7, 11) is -3.97. The van der Waals surface area contributed by atoms with Crippen LogP contribution in [0.5, 0.6) is 0 Å². The number of hydrogen-bond donors (Lipinski definition) is 2. The van der Waals surface area contributed by atoms with Gasteiger partial charge in [-0.05, 0) is 23.3 Å². The standard InChI is InChI=1S/C12H11FN2O2S/c13-11-8-10(9-4-2-1-3-5-9)6-7-12(11)15-18(14,16)17/h1-8,15H,(H2,14,16,17). The highest BCUT2D eigenvalue weighted by atomic mass is 32.2. The molecule has 0 heterocycles. The van der Waals surface area contributed by atoms with Gasteiger partial charge in [-0.3, -0.25) is 4.72 Å². The third kappa shape index (κ3) is 3.06. The number of nitrogens with two attached hydrogens (primary N) is 1. The lowest BCUT2D eigenvalue weighted by Gasteiger charge is -2.07. The highest BCUT2D eigenvalue weighted by Crippen LogP contribution is 2.24. The van der Waals surface area contributed by atoms with Crippen molar-refractivity contribution in [3.05, 3.63) is 54.3 Å². The Morgan fingerprint density at radius 3 is 2.22 bits per heavy atom. The van der Waals surface area contributed by atoms with Gasteiger partial charge in [0.25, 0.3) is 10.2 Å². The topological polar surface area (TPSA) is 72.2 Å². The van der Waals surface area contributed by atoms with Crippen molar-refractivity contribution < 1.29 is 12.8 Å². The van der Waals surface area contributed by atoms with Crippen molar-refractivity contribution in [3.8, 4) is 11.1 Å². The first-order valence-electron chi connectivity index (χ1n) is 5.11. The van der Waals surface area contributed by atoms with Crippen LogP contribution in [-0.4, -0.2) is 8.42 Å². The summed E-state index contributed by atoms with van der Waals surface area (Å²) in [5, 5.41) is 4.78. The van der Waals surface area contributed by atoms with E-state index in [9.17, 15) is 12.8 Å². The smallest absolute Gasteiger partial charge is 0.268 e. The van der Waals surface area contributed by atoms with Crippen LogP contribution in [0.15, 0.2) is 48.5 Å². The number of nitrogens with one attached hydrogen (secondary N) is 1. The first-order chi connectivity index (χ1) is 8.46. The lowest BCUT2D eigenvalue weighted by atomic mass is 10.1. The largest absolute Gasteiger partial charge is 0.296 e. The Labute approximate surface area is 104 Å². The molecule has 0 saturated carbocycles. The van der Waals surface area contributed by atoms with Crippen LogP contribution < -0.4 is 9.86 Å². The van der Waals surface area contributed by atoms with Crippen LogP contribution in [0.3, 0.4) is 0 Å². The van der Waals surface area contributed by atoms with Crippen LogP contribution in [0.25, 0.3) is 11.1 Å². The summed E-state index contributed by atoms with van der Waals surface area (Å²) >= 11 is 0. The molecular weight excluding hydrogens is 255 g/mol. The van der Waals surface area contributed by atoms with Crippen LogP contribution in [0.1, 0.15) is 0 Å². The molecule has 94 valence electrons. The molecule has 18 heavy (non-hydrogen) atoms. The van der Waals surface area contributed by atoms with Crippen LogP contribution in [-0.2, 0) is 10.2 Å². The number of rotatable bonds is 3. The van der Waals surface area contributed by atoms with E-state index in [-0.39, 0.29) is 5.69 Å². The molecule has 0 radical (unpaired) electrons. The van der Waals surface area contributed by atoms with E-state index >= 15 is 0 Å². The van der Waals surface area contributed by atoms with E-state index in [0.717, 1.165) is 5.56 Å². The van der Waals surface area contributed by atoms with Gasteiger partial charge in [0.05, 0.1) is 5.69 Å². The summed E-state index contributed by atoms with van der Waals surface area (Å²) in [6, 6.07) is 13.4. The number of hydrogen-bond acceptors (Lipinski definition) is 2. The maximum absolute atomic E-state index is 13.7. The lowest BCUT2D eigenvalue weighted by molar-refractivity contribution is 0.600. The Bertz CT molecular complexity index is 657.